The fourth-order valence-corrected chi connectivity index (χ4v) is 2.04. The van der Waals surface area contributed by atoms with Crippen LogP contribution in [0.1, 0.15) is 11.1 Å². The molecule has 112 valence electrons. The van der Waals surface area contributed by atoms with Gasteiger partial charge in [-0.05, 0) is 17.7 Å². The van der Waals surface area contributed by atoms with E-state index in [4.69, 9.17) is 5.26 Å². The van der Waals surface area contributed by atoms with Crippen LogP contribution in [0.15, 0.2) is 60.8 Å². The van der Waals surface area contributed by atoms with E-state index in [1.807, 2.05) is 48.5 Å². The van der Waals surface area contributed by atoms with Crippen molar-refractivity contribution in [3.63, 3.8) is 0 Å². The Morgan fingerprint density at radius 1 is 1.00 bits per heavy atom. The summed E-state index contributed by atoms with van der Waals surface area (Å²) in [5.74, 6) is 0.951. The first-order chi connectivity index (χ1) is 11.3. The van der Waals surface area contributed by atoms with Gasteiger partial charge in [-0.2, -0.15) is 15.3 Å². The lowest BCUT2D eigenvalue weighted by molar-refractivity contribution is 0.949. The van der Waals surface area contributed by atoms with Crippen LogP contribution in [0.25, 0.3) is 0 Å². The van der Waals surface area contributed by atoms with Crippen LogP contribution in [0.4, 0.5) is 17.5 Å². The minimum atomic E-state index is 0.424. The van der Waals surface area contributed by atoms with E-state index in [1.54, 1.807) is 6.07 Å². The van der Waals surface area contributed by atoms with Crippen LogP contribution < -0.4 is 10.6 Å². The summed E-state index contributed by atoms with van der Waals surface area (Å²) in [7, 11) is 0. The Morgan fingerprint density at radius 3 is 2.61 bits per heavy atom. The van der Waals surface area contributed by atoms with E-state index in [-0.39, 0.29) is 0 Å². The van der Waals surface area contributed by atoms with E-state index in [2.05, 4.69) is 31.9 Å². The largest absolute Gasteiger partial charge is 0.349 e. The molecule has 23 heavy (non-hydrogen) atoms. The zero-order chi connectivity index (χ0) is 15.9. The molecular weight excluding hydrogens is 288 g/mol. The van der Waals surface area contributed by atoms with Crippen molar-refractivity contribution in [3.8, 4) is 6.07 Å². The molecule has 0 aliphatic rings. The first-order valence-corrected chi connectivity index (χ1v) is 7.09. The van der Waals surface area contributed by atoms with E-state index in [1.165, 1.54) is 6.20 Å². The molecule has 0 aliphatic carbocycles. The third-order valence-electron chi connectivity index (χ3n) is 3.16. The van der Waals surface area contributed by atoms with E-state index >= 15 is 0 Å². The fraction of sp³-hybridized carbons (Fsp3) is 0.0588. The summed E-state index contributed by atoms with van der Waals surface area (Å²) in [5, 5.41) is 23.2. The molecule has 2 aromatic carbocycles. The van der Waals surface area contributed by atoms with Crippen LogP contribution in [0.3, 0.4) is 0 Å². The van der Waals surface area contributed by atoms with Gasteiger partial charge in [0.15, 0.2) is 5.82 Å². The summed E-state index contributed by atoms with van der Waals surface area (Å²) in [6.07, 6.45) is 1.52. The van der Waals surface area contributed by atoms with Crippen molar-refractivity contribution in [1.82, 2.24) is 15.2 Å². The number of benzene rings is 2. The van der Waals surface area contributed by atoms with Gasteiger partial charge in [0.05, 0.1) is 17.4 Å². The molecular formula is C17H14N6. The molecule has 0 radical (unpaired) electrons. The van der Waals surface area contributed by atoms with Crippen LogP contribution >= 0.6 is 0 Å². The maximum absolute atomic E-state index is 9.11. The second-order valence-electron chi connectivity index (χ2n) is 4.79. The average Bonchev–Trinajstić information content (AvgIpc) is 2.62. The van der Waals surface area contributed by atoms with Gasteiger partial charge in [0.2, 0.25) is 5.95 Å². The number of para-hydroxylation sites is 1. The van der Waals surface area contributed by atoms with Gasteiger partial charge >= 0.3 is 0 Å². The highest BCUT2D eigenvalue weighted by atomic mass is 15.3. The summed E-state index contributed by atoms with van der Waals surface area (Å²) < 4.78 is 0. The Labute approximate surface area is 133 Å². The molecule has 0 atom stereocenters. The molecule has 0 spiro atoms. The molecule has 0 saturated carbocycles. The van der Waals surface area contributed by atoms with Crippen molar-refractivity contribution in [2.75, 3.05) is 10.6 Å². The Kier molecular flexibility index (Phi) is 4.41. The zero-order valence-electron chi connectivity index (χ0n) is 12.3. The number of nitrogens with zero attached hydrogens (tertiary/aromatic N) is 4. The van der Waals surface area contributed by atoms with Crippen LogP contribution in [-0.4, -0.2) is 15.2 Å². The number of hydrogen-bond donors (Lipinski definition) is 2. The van der Waals surface area contributed by atoms with Crippen molar-refractivity contribution in [3.05, 3.63) is 71.9 Å². The smallest absolute Gasteiger partial charge is 0.244 e. The van der Waals surface area contributed by atoms with Gasteiger partial charge in [0, 0.05) is 6.54 Å². The minimum absolute atomic E-state index is 0.424. The Balaban J connectivity index is 1.71. The highest BCUT2D eigenvalue weighted by Gasteiger charge is 2.04. The molecule has 3 rings (SSSR count). The molecule has 6 heteroatoms. The molecule has 0 saturated heterocycles. The van der Waals surface area contributed by atoms with E-state index in [9.17, 15) is 0 Å². The second kappa shape index (κ2) is 7.00. The standard InChI is InChI=1S/C17H14N6/c18-10-14-8-4-5-9-15(14)21-16-12-20-23-17(22-16)19-11-13-6-2-1-3-7-13/h1-9,12H,11H2,(H2,19,21,22,23). The van der Waals surface area contributed by atoms with Gasteiger partial charge < -0.3 is 10.6 Å². The van der Waals surface area contributed by atoms with Crippen LogP contribution in [-0.2, 0) is 6.54 Å². The number of nitriles is 1. The topological polar surface area (TPSA) is 86.5 Å². The maximum Gasteiger partial charge on any atom is 0.244 e. The van der Waals surface area contributed by atoms with Gasteiger partial charge in [-0.15, -0.1) is 5.10 Å². The molecule has 1 aromatic heterocycles. The first-order valence-electron chi connectivity index (χ1n) is 7.09. The molecule has 0 fully saturated rings. The molecule has 0 bridgehead atoms. The summed E-state index contributed by atoms with van der Waals surface area (Å²) in [5.41, 5.74) is 2.36. The molecule has 2 N–H and O–H groups in total. The summed E-state index contributed by atoms with van der Waals surface area (Å²) in [6.45, 7) is 0.612. The molecule has 3 aromatic rings. The van der Waals surface area contributed by atoms with E-state index in [0.29, 0.717) is 29.6 Å². The van der Waals surface area contributed by atoms with Gasteiger partial charge in [-0.3, -0.25) is 0 Å². The first kappa shape index (κ1) is 14.5. The van der Waals surface area contributed by atoms with Crippen LogP contribution in [0, 0.1) is 11.3 Å². The van der Waals surface area contributed by atoms with Gasteiger partial charge in [0.1, 0.15) is 6.07 Å². The summed E-state index contributed by atoms with van der Waals surface area (Å²) >= 11 is 0. The predicted octanol–water partition coefficient (Wildman–Crippen LogP) is 3.10. The Hall–Kier alpha value is -3.46. The normalized spacial score (nSPS) is 9.87. The van der Waals surface area contributed by atoms with E-state index in [0.717, 1.165) is 5.56 Å². The fourth-order valence-electron chi connectivity index (χ4n) is 2.04. The Bertz CT molecular complexity index is 826. The summed E-state index contributed by atoms with van der Waals surface area (Å²) in [6, 6.07) is 19.3. The van der Waals surface area contributed by atoms with Gasteiger partial charge in [-0.1, -0.05) is 42.5 Å². The van der Waals surface area contributed by atoms with Crippen LogP contribution in [0.5, 0.6) is 0 Å². The summed E-state index contributed by atoms with van der Waals surface area (Å²) in [4.78, 5) is 4.35. The second-order valence-corrected chi connectivity index (χ2v) is 4.79. The highest BCUT2D eigenvalue weighted by molar-refractivity contribution is 5.64. The average molecular weight is 302 g/mol. The molecule has 6 nitrogen and oxygen atoms in total. The highest BCUT2D eigenvalue weighted by Crippen LogP contribution is 2.18. The van der Waals surface area contributed by atoms with Crippen molar-refractivity contribution >= 4 is 17.5 Å². The van der Waals surface area contributed by atoms with Gasteiger partial charge in [0.25, 0.3) is 0 Å². The predicted molar refractivity (Wildman–Crippen MR) is 88.0 cm³/mol. The zero-order valence-corrected chi connectivity index (χ0v) is 12.3. The van der Waals surface area contributed by atoms with Crippen molar-refractivity contribution in [1.29, 1.82) is 5.26 Å². The molecule has 1 heterocycles. The quantitative estimate of drug-likeness (QED) is 0.753. The lowest BCUT2D eigenvalue weighted by Gasteiger charge is -2.08. The number of nitrogens with one attached hydrogen (secondary N) is 2. The SMILES string of the molecule is N#Cc1ccccc1Nc1cnnc(NCc2ccccc2)n1. The van der Waals surface area contributed by atoms with Crippen LogP contribution in [0.2, 0.25) is 0 Å². The molecule has 0 aliphatic heterocycles. The van der Waals surface area contributed by atoms with Crippen molar-refractivity contribution < 1.29 is 0 Å². The number of hydrogen-bond acceptors (Lipinski definition) is 6. The van der Waals surface area contributed by atoms with E-state index < -0.39 is 0 Å². The lowest BCUT2D eigenvalue weighted by atomic mass is 10.2. The molecule has 0 unspecified atom stereocenters. The third kappa shape index (κ3) is 3.80. The number of aromatic nitrogens is 3. The third-order valence-corrected chi connectivity index (χ3v) is 3.16. The van der Waals surface area contributed by atoms with Crippen molar-refractivity contribution in [2.45, 2.75) is 6.54 Å². The molecule has 0 amide bonds. The number of anilines is 3. The van der Waals surface area contributed by atoms with Crippen molar-refractivity contribution in [2.24, 2.45) is 0 Å². The van der Waals surface area contributed by atoms with Gasteiger partial charge in [-0.25, -0.2) is 0 Å². The monoisotopic (exact) mass is 302 g/mol. The maximum atomic E-state index is 9.11. The lowest BCUT2D eigenvalue weighted by Crippen LogP contribution is -2.06. The Morgan fingerprint density at radius 2 is 1.78 bits per heavy atom. The number of rotatable bonds is 5. The minimum Gasteiger partial charge on any atom is -0.349 e.